The van der Waals surface area contributed by atoms with Gasteiger partial charge >= 0.3 is 5.97 Å². The second-order valence-electron chi connectivity index (χ2n) is 6.53. The summed E-state index contributed by atoms with van der Waals surface area (Å²) in [7, 11) is 0. The fraction of sp³-hybridized carbons (Fsp3) is 0.300. The lowest BCUT2D eigenvalue weighted by Gasteiger charge is -2.22. The van der Waals surface area contributed by atoms with Crippen LogP contribution in [-0.4, -0.2) is 36.3 Å². The summed E-state index contributed by atoms with van der Waals surface area (Å²) in [6, 6.07) is 6.78. The van der Waals surface area contributed by atoms with Crippen LogP contribution in [0.1, 0.15) is 41.0 Å². The minimum Gasteiger partial charge on any atom is -0.454 e. The molecule has 2 unspecified atom stereocenters. The Hall–Kier alpha value is -2.91. The third-order valence-corrected chi connectivity index (χ3v) is 5.47. The van der Waals surface area contributed by atoms with E-state index >= 15 is 0 Å². The summed E-state index contributed by atoms with van der Waals surface area (Å²) in [4.78, 5) is 48.4. The molecular formula is C20H22ClN3O5S. The molecule has 160 valence electrons. The molecule has 0 aliphatic rings. The van der Waals surface area contributed by atoms with Gasteiger partial charge in [0.1, 0.15) is 11.0 Å². The van der Waals surface area contributed by atoms with Gasteiger partial charge in [-0.1, -0.05) is 31.9 Å². The Morgan fingerprint density at radius 3 is 2.43 bits per heavy atom. The molecule has 0 fully saturated rings. The van der Waals surface area contributed by atoms with Crippen LogP contribution in [0.2, 0.25) is 5.02 Å². The van der Waals surface area contributed by atoms with Crippen LogP contribution in [-0.2, 0) is 14.3 Å². The fourth-order valence-electron chi connectivity index (χ4n) is 2.48. The van der Waals surface area contributed by atoms with Crippen molar-refractivity contribution in [3.8, 4) is 0 Å². The molecule has 0 saturated heterocycles. The Morgan fingerprint density at radius 1 is 1.17 bits per heavy atom. The maximum atomic E-state index is 12.5. The molecule has 4 N–H and O–H groups in total. The smallest absolute Gasteiger partial charge is 0.329 e. The van der Waals surface area contributed by atoms with Gasteiger partial charge in [0.15, 0.2) is 6.61 Å². The number of carbonyl (C=O) groups is 4. The van der Waals surface area contributed by atoms with Crippen molar-refractivity contribution in [2.75, 3.05) is 11.9 Å². The number of halogens is 1. The van der Waals surface area contributed by atoms with Crippen LogP contribution >= 0.6 is 22.9 Å². The average Bonchev–Trinajstić information content (AvgIpc) is 3.18. The Bertz CT molecular complexity index is 929. The van der Waals surface area contributed by atoms with Crippen molar-refractivity contribution >= 4 is 51.6 Å². The number of thiophene rings is 1. The lowest BCUT2D eigenvalue weighted by molar-refractivity contribution is -0.150. The second-order valence-corrected chi connectivity index (χ2v) is 7.88. The molecule has 30 heavy (non-hydrogen) atoms. The summed E-state index contributed by atoms with van der Waals surface area (Å²) in [6.45, 7) is 3.09. The van der Waals surface area contributed by atoms with Crippen molar-refractivity contribution in [2.45, 2.75) is 26.3 Å². The Morgan fingerprint density at radius 2 is 1.83 bits per heavy atom. The van der Waals surface area contributed by atoms with Crippen LogP contribution in [0.3, 0.4) is 0 Å². The van der Waals surface area contributed by atoms with E-state index in [1.54, 1.807) is 36.6 Å². The zero-order valence-corrected chi connectivity index (χ0v) is 18.0. The number of benzene rings is 1. The molecule has 0 radical (unpaired) electrons. The average molecular weight is 452 g/mol. The van der Waals surface area contributed by atoms with Crippen molar-refractivity contribution in [3.63, 3.8) is 0 Å². The number of carbonyl (C=O) groups excluding carboxylic acids is 4. The van der Waals surface area contributed by atoms with E-state index in [2.05, 4.69) is 10.6 Å². The summed E-state index contributed by atoms with van der Waals surface area (Å²) in [5, 5.41) is 7.50. The molecule has 2 atom stereocenters. The summed E-state index contributed by atoms with van der Waals surface area (Å²) in [6.07, 6.45) is 0.601. The first-order chi connectivity index (χ1) is 14.2. The largest absolute Gasteiger partial charge is 0.454 e. The normalized spacial score (nSPS) is 12.5. The minimum atomic E-state index is -0.936. The van der Waals surface area contributed by atoms with E-state index in [4.69, 9.17) is 22.1 Å². The molecule has 2 rings (SSSR count). The number of amides is 3. The first-order valence-corrected chi connectivity index (χ1v) is 10.4. The highest BCUT2D eigenvalue weighted by atomic mass is 35.5. The SMILES string of the molecule is CCC(C)C(NC(=O)c1ccc(Cl)cc1)C(=O)OCC(=O)Nc1sccc1C(N)=O. The molecule has 1 aromatic carbocycles. The van der Waals surface area contributed by atoms with Gasteiger partial charge in [-0.05, 0) is 41.6 Å². The topological polar surface area (TPSA) is 128 Å². The van der Waals surface area contributed by atoms with Gasteiger partial charge in [0.25, 0.3) is 17.7 Å². The van der Waals surface area contributed by atoms with Gasteiger partial charge in [-0.25, -0.2) is 4.79 Å². The molecule has 10 heteroatoms. The summed E-state index contributed by atoms with van der Waals surface area (Å²) >= 11 is 6.95. The molecule has 1 heterocycles. The monoisotopic (exact) mass is 451 g/mol. The van der Waals surface area contributed by atoms with Crippen molar-refractivity contribution < 1.29 is 23.9 Å². The summed E-state index contributed by atoms with van der Waals surface area (Å²) < 4.78 is 5.10. The van der Waals surface area contributed by atoms with Crippen molar-refractivity contribution in [2.24, 2.45) is 11.7 Å². The van der Waals surface area contributed by atoms with Crippen LogP contribution < -0.4 is 16.4 Å². The van der Waals surface area contributed by atoms with Crippen LogP contribution in [0, 0.1) is 5.92 Å². The van der Waals surface area contributed by atoms with Gasteiger partial charge < -0.3 is 21.1 Å². The van der Waals surface area contributed by atoms with E-state index in [1.807, 2.05) is 6.92 Å². The van der Waals surface area contributed by atoms with Crippen LogP contribution in [0.25, 0.3) is 0 Å². The van der Waals surface area contributed by atoms with Crippen molar-refractivity contribution in [1.29, 1.82) is 0 Å². The van der Waals surface area contributed by atoms with Crippen LogP contribution in [0.15, 0.2) is 35.7 Å². The molecule has 0 bridgehead atoms. The molecule has 2 aromatic rings. The number of hydrogen-bond donors (Lipinski definition) is 3. The van der Waals surface area contributed by atoms with E-state index in [0.717, 1.165) is 11.3 Å². The third kappa shape index (κ3) is 6.30. The molecule has 1 aromatic heterocycles. The third-order valence-electron chi connectivity index (χ3n) is 4.39. The Balaban J connectivity index is 1.98. The minimum absolute atomic E-state index is 0.174. The number of hydrogen-bond acceptors (Lipinski definition) is 6. The predicted octanol–water partition coefficient (Wildman–Crippen LogP) is 2.83. The lowest BCUT2D eigenvalue weighted by Crippen LogP contribution is -2.46. The van der Waals surface area contributed by atoms with Gasteiger partial charge in [-0.15, -0.1) is 11.3 Å². The summed E-state index contributed by atoms with van der Waals surface area (Å²) in [5.74, 6) is -2.72. The highest BCUT2D eigenvalue weighted by Crippen LogP contribution is 2.22. The van der Waals surface area contributed by atoms with Crippen molar-refractivity contribution in [3.05, 3.63) is 51.9 Å². The number of esters is 1. The number of primary amides is 1. The molecule has 0 aliphatic carbocycles. The molecule has 8 nitrogen and oxygen atoms in total. The lowest BCUT2D eigenvalue weighted by atomic mass is 9.99. The van der Waals surface area contributed by atoms with Crippen LogP contribution in [0.5, 0.6) is 0 Å². The first-order valence-electron chi connectivity index (χ1n) is 9.13. The summed E-state index contributed by atoms with van der Waals surface area (Å²) in [5.41, 5.74) is 5.75. The number of nitrogens with two attached hydrogens (primary N) is 1. The van der Waals surface area contributed by atoms with Crippen LogP contribution in [0.4, 0.5) is 5.00 Å². The maximum absolute atomic E-state index is 12.5. The number of rotatable bonds is 9. The molecule has 0 aliphatic heterocycles. The van der Waals surface area contributed by atoms with Gasteiger partial charge in [0.2, 0.25) is 0 Å². The number of nitrogens with one attached hydrogen (secondary N) is 2. The maximum Gasteiger partial charge on any atom is 0.329 e. The van der Waals surface area contributed by atoms with E-state index in [0.29, 0.717) is 17.0 Å². The highest BCUT2D eigenvalue weighted by molar-refractivity contribution is 7.14. The molecule has 0 spiro atoms. The molecular weight excluding hydrogens is 430 g/mol. The standard InChI is InChI=1S/C20H22ClN3O5S/c1-3-11(2)16(24-18(27)12-4-6-13(21)7-5-12)20(28)29-10-15(25)23-19-14(17(22)26)8-9-30-19/h4-9,11,16H,3,10H2,1-2H3,(H2,22,26)(H,23,25)(H,24,27). The highest BCUT2D eigenvalue weighted by Gasteiger charge is 2.28. The van der Waals surface area contributed by atoms with Gasteiger partial charge in [-0.2, -0.15) is 0 Å². The van der Waals surface area contributed by atoms with Gasteiger partial charge in [0.05, 0.1) is 5.56 Å². The molecule has 3 amide bonds. The fourth-order valence-corrected chi connectivity index (χ4v) is 3.42. The van der Waals surface area contributed by atoms with E-state index < -0.39 is 36.3 Å². The molecule has 0 saturated carbocycles. The predicted molar refractivity (Wildman–Crippen MR) is 115 cm³/mol. The Kier molecular flexibility index (Phi) is 8.37. The van der Waals surface area contributed by atoms with Gasteiger partial charge in [-0.3, -0.25) is 14.4 Å². The van der Waals surface area contributed by atoms with Gasteiger partial charge in [0, 0.05) is 10.6 Å². The first kappa shape index (κ1) is 23.4. The zero-order chi connectivity index (χ0) is 22.3. The zero-order valence-electron chi connectivity index (χ0n) is 16.4. The van der Waals surface area contributed by atoms with E-state index in [1.165, 1.54) is 6.07 Å². The van der Waals surface area contributed by atoms with E-state index in [9.17, 15) is 19.2 Å². The number of ether oxygens (including phenoxy) is 1. The Labute approximate surface area is 182 Å². The number of anilines is 1. The quantitative estimate of drug-likeness (QED) is 0.505. The second kappa shape index (κ2) is 10.7. The van der Waals surface area contributed by atoms with Crippen molar-refractivity contribution in [1.82, 2.24) is 5.32 Å². The van der Waals surface area contributed by atoms with E-state index in [-0.39, 0.29) is 16.5 Å².